The normalized spacial score (nSPS) is 19.7. The van der Waals surface area contributed by atoms with Crippen molar-refractivity contribution >= 4 is 30.1 Å². The number of nitrogens with zero attached hydrogens (tertiary/aromatic N) is 1. The van der Waals surface area contributed by atoms with Crippen molar-refractivity contribution in [2.45, 2.75) is 38.9 Å². The van der Waals surface area contributed by atoms with Gasteiger partial charge in [-0.15, -0.1) is 0 Å². The molecule has 0 radical (unpaired) electrons. The molecule has 0 aliphatic carbocycles. The molecule has 21 heavy (non-hydrogen) atoms. The molecule has 0 spiro atoms. The first-order chi connectivity index (χ1) is 9.55. The van der Waals surface area contributed by atoms with Gasteiger partial charge in [0.15, 0.2) is 0 Å². The molecule has 4 nitrogen and oxygen atoms in total. The van der Waals surface area contributed by atoms with Gasteiger partial charge in [-0.2, -0.15) is 0 Å². The number of hydrogen-bond donors (Lipinski definition) is 0. The Morgan fingerprint density at radius 3 is 2.14 bits per heavy atom. The Hall–Kier alpha value is -1.04. The second kappa shape index (κ2) is 5.31. The van der Waals surface area contributed by atoms with E-state index in [1.54, 1.807) is 32.3 Å². The minimum absolute atomic E-state index is 0.0792. The summed E-state index contributed by atoms with van der Waals surface area (Å²) in [5.41, 5.74) is 0.364. The van der Waals surface area contributed by atoms with Crippen LogP contribution in [-0.4, -0.2) is 43.2 Å². The lowest BCUT2D eigenvalue weighted by Crippen LogP contribution is -2.41. The van der Waals surface area contributed by atoms with Gasteiger partial charge in [0.2, 0.25) is 0 Å². The van der Waals surface area contributed by atoms with Crippen LogP contribution in [0.2, 0.25) is 5.02 Å². The van der Waals surface area contributed by atoms with E-state index in [-0.39, 0.29) is 5.91 Å². The molecule has 1 fully saturated rings. The highest BCUT2D eigenvalue weighted by Gasteiger charge is 2.52. The van der Waals surface area contributed by atoms with Gasteiger partial charge in [0, 0.05) is 30.1 Å². The summed E-state index contributed by atoms with van der Waals surface area (Å²) in [6.45, 7) is 7.93. The highest BCUT2D eigenvalue weighted by Crippen LogP contribution is 2.37. The Balaban J connectivity index is 2.37. The zero-order chi connectivity index (χ0) is 16.0. The smallest absolute Gasteiger partial charge is 0.399 e. The van der Waals surface area contributed by atoms with E-state index >= 15 is 0 Å². The quantitative estimate of drug-likeness (QED) is 0.787. The molecular formula is C15H21BClNO3. The summed E-state index contributed by atoms with van der Waals surface area (Å²) < 4.78 is 12.0. The number of halogens is 1. The van der Waals surface area contributed by atoms with Crippen molar-refractivity contribution in [1.82, 2.24) is 4.90 Å². The lowest BCUT2D eigenvalue weighted by Gasteiger charge is -2.32. The minimum Gasteiger partial charge on any atom is -0.399 e. The molecule has 0 N–H and O–H groups in total. The summed E-state index contributed by atoms with van der Waals surface area (Å²) in [7, 11) is 2.86. The van der Waals surface area contributed by atoms with Crippen molar-refractivity contribution in [2.24, 2.45) is 0 Å². The van der Waals surface area contributed by atoms with Gasteiger partial charge in [-0.05, 0) is 45.9 Å². The standard InChI is InChI=1S/C15H21BClNO3/c1-14(2)15(3,4)21-16(20-14)11-9-10(7-8-12(11)17)13(19)18(5)6/h7-9H,1-6H3. The van der Waals surface area contributed by atoms with Crippen LogP contribution in [0.25, 0.3) is 0 Å². The van der Waals surface area contributed by atoms with E-state index in [9.17, 15) is 4.79 Å². The topological polar surface area (TPSA) is 38.8 Å². The van der Waals surface area contributed by atoms with Crippen molar-refractivity contribution in [3.05, 3.63) is 28.8 Å². The SMILES string of the molecule is CN(C)C(=O)c1ccc(Cl)c(B2OC(C)(C)C(C)(C)O2)c1. The molecule has 1 aromatic rings. The van der Waals surface area contributed by atoms with Gasteiger partial charge in [-0.3, -0.25) is 4.79 Å². The summed E-state index contributed by atoms with van der Waals surface area (Å²) in [5, 5.41) is 0.531. The lowest BCUT2D eigenvalue weighted by atomic mass is 9.78. The Bertz CT molecular complexity index is 556. The summed E-state index contributed by atoms with van der Waals surface area (Å²) >= 11 is 6.26. The molecule has 1 heterocycles. The van der Waals surface area contributed by atoms with Gasteiger partial charge < -0.3 is 14.2 Å². The number of amides is 1. The maximum absolute atomic E-state index is 12.1. The fraction of sp³-hybridized carbons (Fsp3) is 0.533. The van der Waals surface area contributed by atoms with Gasteiger partial charge in [-0.25, -0.2) is 0 Å². The molecule has 6 heteroatoms. The van der Waals surface area contributed by atoms with Crippen molar-refractivity contribution in [1.29, 1.82) is 0 Å². The Morgan fingerprint density at radius 2 is 1.67 bits per heavy atom. The number of carbonyl (C=O) groups is 1. The maximum atomic E-state index is 12.1. The van der Waals surface area contributed by atoms with Crippen LogP contribution < -0.4 is 5.46 Å². The van der Waals surface area contributed by atoms with Gasteiger partial charge in [0.1, 0.15) is 0 Å². The van der Waals surface area contributed by atoms with Gasteiger partial charge in [0.25, 0.3) is 5.91 Å². The van der Waals surface area contributed by atoms with E-state index in [2.05, 4.69) is 0 Å². The van der Waals surface area contributed by atoms with Crippen molar-refractivity contribution in [3.8, 4) is 0 Å². The van der Waals surface area contributed by atoms with E-state index in [0.29, 0.717) is 16.0 Å². The van der Waals surface area contributed by atoms with Crippen LogP contribution in [0.1, 0.15) is 38.1 Å². The number of rotatable bonds is 2. The molecule has 1 saturated heterocycles. The summed E-state index contributed by atoms with van der Waals surface area (Å²) in [5.74, 6) is -0.0792. The number of hydrogen-bond acceptors (Lipinski definition) is 3. The molecule has 0 atom stereocenters. The zero-order valence-electron chi connectivity index (χ0n) is 13.4. The van der Waals surface area contributed by atoms with E-state index in [1.807, 2.05) is 27.7 Å². The van der Waals surface area contributed by atoms with Gasteiger partial charge >= 0.3 is 7.12 Å². The molecule has 0 unspecified atom stereocenters. The number of carbonyl (C=O) groups excluding carboxylic acids is 1. The highest BCUT2D eigenvalue weighted by atomic mass is 35.5. The van der Waals surface area contributed by atoms with Crippen LogP contribution >= 0.6 is 11.6 Å². The molecule has 0 saturated carbocycles. The Morgan fingerprint density at radius 1 is 1.14 bits per heavy atom. The maximum Gasteiger partial charge on any atom is 0.496 e. The van der Waals surface area contributed by atoms with E-state index < -0.39 is 18.3 Å². The van der Waals surface area contributed by atoms with Crippen LogP contribution in [0.15, 0.2) is 18.2 Å². The fourth-order valence-electron chi connectivity index (χ4n) is 2.09. The second-order valence-electron chi connectivity index (χ2n) is 6.52. The van der Waals surface area contributed by atoms with Gasteiger partial charge in [0.05, 0.1) is 11.2 Å². The highest BCUT2D eigenvalue weighted by molar-refractivity contribution is 6.65. The molecule has 1 aromatic carbocycles. The largest absolute Gasteiger partial charge is 0.496 e. The molecule has 0 bridgehead atoms. The minimum atomic E-state index is -0.572. The van der Waals surface area contributed by atoms with Crippen LogP contribution in [0.5, 0.6) is 0 Å². The Kier molecular flexibility index (Phi) is 4.13. The average molecular weight is 310 g/mol. The molecule has 0 aromatic heterocycles. The molecule has 1 aliphatic rings. The predicted molar refractivity (Wildman–Crippen MR) is 85.2 cm³/mol. The van der Waals surface area contributed by atoms with Crippen molar-refractivity contribution < 1.29 is 14.1 Å². The molecular weight excluding hydrogens is 288 g/mol. The van der Waals surface area contributed by atoms with Crippen LogP contribution in [0.4, 0.5) is 0 Å². The number of benzene rings is 1. The van der Waals surface area contributed by atoms with Crippen LogP contribution in [-0.2, 0) is 9.31 Å². The fourth-order valence-corrected chi connectivity index (χ4v) is 2.29. The van der Waals surface area contributed by atoms with E-state index in [4.69, 9.17) is 20.9 Å². The second-order valence-corrected chi connectivity index (χ2v) is 6.93. The lowest BCUT2D eigenvalue weighted by molar-refractivity contribution is 0.00578. The monoisotopic (exact) mass is 309 g/mol. The summed E-state index contributed by atoms with van der Waals surface area (Å²) in [6, 6.07) is 5.16. The average Bonchev–Trinajstić information content (AvgIpc) is 2.57. The molecule has 1 amide bonds. The molecule has 1 aliphatic heterocycles. The van der Waals surface area contributed by atoms with E-state index in [0.717, 1.165) is 0 Å². The summed E-state index contributed by atoms with van der Waals surface area (Å²) in [4.78, 5) is 13.6. The van der Waals surface area contributed by atoms with Crippen LogP contribution in [0, 0.1) is 0 Å². The first kappa shape index (κ1) is 16.3. The third kappa shape index (κ3) is 2.96. The van der Waals surface area contributed by atoms with Gasteiger partial charge in [-0.1, -0.05) is 11.6 Å². The summed E-state index contributed by atoms with van der Waals surface area (Å²) in [6.07, 6.45) is 0. The van der Waals surface area contributed by atoms with E-state index in [1.165, 1.54) is 4.90 Å². The molecule has 2 rings (SSSR count). The third-order valence-corrected chi connectivity index (χ3v) is 4.50. The first-order valence-electron chi connectivity index (χ1n) is 6.92. The Labute approximate surface area is 131 Å². The molecule has 114 valence electrons. The third-order valence-electron chi connectivity index (χ3n) is 4.16. The first-order valence-corrected chi connectivity index (χ1v) is 7.30. The zero-order valence-corrected chi connectivity index (χ0v) is 14.1. The van der Waals surface area contributed by atoms with Crippen molar-refractivity contribution in [3.63, 3.8) is 0 Å². The predicted octanol–water partition coefficient (Wildman–Crippen LogP) is 2.34. The van der Waals surface area contributed by atoms with Crippen molar-refractivity contribution in [2.75, 3.05) is 14.1 Å². The van der Waals surface area contributed by atoms with Crippen LogP contribution in [0.3, 0.4) is 0 Å².